The number of benzene rings is 1. The zero-order chi connectivity index (χ0) is 14.7. The number of nitrogens with zero attached hydrogens (tertiary/aromatic N) is 1. The van der Waals surface area contributed by atoms with Gasteiger partial charge >= 0.3 is 5.97 Å². The van der Waals surface area contributed by atoms with Gasteiger partial charge in [-0.2, -0.15) is 5.10 Å². The predicted octanol–water partition coefficient (Wildman–Crippen LogP) is 3.82. The van der Waals surface area contributed by atoms with E-state index >= 15 is 0 Å². The minimum atomic E-state index is -1.09. The molecule has 106 valence electrons. The van der Waals surface area contributed by atoms with E-state index in [2.05, 4.69) is 10.2 Å². The van der Waals surface area contributed by atoms with Crippen molar-refractivity contribution in [2.24, 2.45) is 0 Å². The van der Waals surface area contributed by atoms with Gasteiger partial charge in [-0.25, -0.2) is 9.18 Å². The number of halogens is 1. The molecule has 0 saturated heterocycles. The largest absolute Gasteiger partial charge is 0.477 e. The topological polar surface area (TPSA) is 66.0 Å². The van der Waals surface area contributed by atoms with E-state index in [1.54, 1.807) is 12.1 Å². The molecule has 5 heteroatoms. The first-order chi connectivity index (χ1) is 9.56. The van der Waals surface area contributed by atoms with Gasteiger partial charge in [0.25, 0.3) is 0 Å². The summed E-state index contributed by atoms with van der Waals surface area (Å²) in [7, 11) is 0. The summed E-state index contributed by atoms with van der Waals surface area (Å²) in [5.74, 6) is -1.15. The minimum Gasteiger partial charge on any atom is -0.477 e. The fourth-order valence-corrected chi connectivity index (χ4v) is 2.33. The SMILES string of the molecule is CCC(CC)c1ccc(-c2cc(C(=O)O)[nH]n2)cc1F. The van der Waals surface area contributed by atoms with E-state index in [4.69, 9.17) is 5.11 Å². The number of aromatic amines is 1. The van der Waals surface area contributed by atoms with E-state index in [9.17, 15) is 9.18 Å². The molecule has 0 aliphatic rings. The summed E-state index contributed by atoms with van der Waals surface area (Å²) in [6.45, 7) is 4.07. The molecule has 0 saturated carbocycles. The van der Waals surface area contributed by atoms with E-state index in [1.807, 2.05) is 13.8 Å². The van der Waals surface area contributed by atoms with Crippen molar-refractivity contribution in [3.63, 3.8) is 0 Å². The number of nitrogens with one attached hydrogen (secondary N) is 1. The number of carbonyl (C=O) groups is 1. The van der Waals surface area contributed by atoms with Gasteiger partial charge in [0.2, 0.25) is 0 Å². The Labute approximate surface area is 116 Å². The van der Waals surface area contributed by atoms with Crippen LogP contribution in [-0.4, -0.2) is 21.3 Å². The van der Waals surface area contributed by atoms with Crippen LogP contribution in [0.15, 0.2) is 24.3 Å². The molecule has 2 N–H and O–H groups in total. The van der Waals surface area contributed by atoms with Gasteiger partial charge in [-0.05, 0) is 36.5 Å². The molecule has 0 bridgehead atoms. The summed E-state index contributed by atoms with van der Waals surface area (Å²) in [6.07, 6.45) is 1.77. The van der Waals surface area contributed by atoms with Crippen molar-refractivity contribution in [3.05, 3.63) is 41.3 Å². The van der Waals surface area contributed by atoms with Crippen LogP contribution in [0.4, 0.5) is 4.39 Å². The summed E-state index contributed by atoms with van der Waals surface area (Å²) < 4.78 is 14.2. The second kappa shape index (κ2) is 5.86. The predicted molar refractivity (Wildman–Crippen MR) is 74.3 cm³/mol. The normalized spacial score (nSPS) is 11.0. The van der Waals surface area contributed by atoms with Crippen LogP contribution < -0.4 is 0 Å². The Bertz CT molecular complexity index is 618. The summed E-state index contributed by atoms with van der Waals surface area (Å²) in [4.78, 5) is 10.8. The summed E-state index contributed by atoms with van der Waals surface area (Å²) in [5, 5.41) is 15.1. The average molecular weight is 276 g/mol. The van der Waals surface area contributed by atoms with Crippen LogP contribution in [0.5, 0.6) is 0 Å². The zero-order valence-corrected chi connectivity index (χ0v) is 11.5. The standard InChI is InChI=1S/C15H17FN2O2/c1-3-9(4-2)11-6-5-10(7-12(11)16)13-8-14(15(19)20)18-17-13/h5-9H,3-4H2,1-2H3,(H,17,18)(H,19,20). The molecule has 0 aliphatic carbocycles. The lowest BCUT2D eigenvalue weighted by Gasteiger charge is -2.14. The molecular formula is C15H17FN2O2. The molecule has 0 spiro atoms. The van der Waals surface area contributed by atoms with Crippen molar-refractivity contribution >= 4 is 5.97 Å². The first-order valence-corrected chi connectivity index (χ1v) is 6.65. The number of aromatic nitrogens is 2. The summed E-state index contributed by atoms with van der Waals surface area (Å²) in [5.41, 5.74) is 1.69. The van der Waals surface area contributed by atoms with Crippen molar-refractivity contribution in [1.29, 1.82) is 0 Å². The molecule has 0 atom stereocenters. The smallest absolute Gasteiger partial charge is 0.353 e. The minimum absolute atomic E-state index is 0.00974. The molecule has 0 aliphatic heterocycles. The van der Waals surface area contributed by atoms with Crippen LogP contribution in [0.3, 0.4) is 0 Å². The fourth-order valence-electron chi connectivity index (χ4n) is 2.33. The number of H-pyrrole nitrogens is 1. The van der Waals surface area contributed by atoms with Crippen molar-refractivity contribution in [2.75, 3.05) is 0 Å². The van der Waals surface area contributed by atoms with Crippen LogP contribution in [0.2, 0.25) is 0 Å². The van der Waals surface area contributed by atoms with Crippen LogP contribution in [0.25, 0.3) is 11.3 Å². The average Bonchev–Trinajstić information content (AvgIpc) is 2.91. The second-order valence-electron chi connectivity index (χ2n) is 4.72. The third-order valence-corrected chi connectivity index (χ3v) is 3.53. The van der Waals surface area contributed by atoms with Gasteiger partial charge in [-0.3, -0.25) is 5.10 Å². The number of aromatic carboxylic acids is 1. The van der Waals surface area contributed by atoms with Crippen LogP contribution in [0, 0.1) is 5.82 Å². The number of hydrogen-bond acceptors (Lipinski definition) is 2. The van der Waals surface area contributed by atoms with E-state index < -0.39 is 5.97 Å². The molecule has 1 aromatic carbocycles. The highest BCUT2D eigenvalue weighted by molar-refractivity contribution is 5.86. The van der Waals surface area contributed by atoms with E-state index in [0.717, 1.165) is 12.8 Å². The van der Waals surface area contributed by atoms with Crippen LogP contribution in [0.1, 0.15) is 48.7 Å². The highest BCUT2D eigenvalue weighted by Gasteiger charge is 2.15. The molecule has 2 aromatic rings. The van der Waals surface area contributed by atoms with Crippen molar-refractivity contribution in [1.82, 2.24) is 10.2 Å². The molecular weight excluding hydrogens is 259 g/mol. The lowest BCUT2D eigenvalue weighted by molar-refractivity contribution is 0.0690. The first kappa shape index (κ1) is 14.2. The molecule has 0 fully saturated rings. The molecule has 0 radical (unpaired) electrons. The van der Waals surface area contributed by atoms with E-state index in [-0.39, 0.29) is 17.4 Å². The number of carboxylic acids is 1. The van der Waals surface area contributed by atoms with Gasteiger partial charge < -0.3 is 5.11 Å². The molecule has 4 nitrogen and oxygen atoms in total. The maximum Gasteiger partial charge on any atom is 0.353 e. The Morgan fingerprint density at radius 3 is 2.55 bits per heavy atom. The van der Waals surface area contributed by atoms with Gasteiger partial charge in [0.05, 0.1) is 5.69 Å². The van der Waals surface area contributed by atoms with Crippen LogP contribution in [-0.2, 0) is 0 Å². The Morgan fingerprint density at radius 2 is 2.05 bits per heavy atom. The maximum atomic E-state index is 14.2. The number of carboxylic acid groups (broad SMARTS) is 1. The second-order valence-corrected chi connectivity index (χ2v) is 4.72. The lowest BCUT2D eigenvalue weighted by atomic mass is 9.92. The number of hydrogen-bond donors (Lipinski definition) is 2. The highest BCUT2D eigenvalue weighted by atomic mass is 19.1. The Balaban J connectivity index is 2.34. The molecule has 1 heterocycles. The Hall–Kier alpha value is -2.17. The summed E-state index contributed by atoms with van der Waals surface area (Å²) in [6, 6.07) is 6.35. The zero-order valence-electron chi connectivity index (χ0n) is 11.5. The van der Waals surface area contributed by atoms with Gasteiger partial charge in [0, 0.05) is 5.56 Å². The summed E-state index contributed by atoms with van der Waals surface area (Å²) >= 11 is 0. The van der Waals surface area contributed by atoms with Gasteiger partial charge in [0.15, 0.2) is 0 Å². The molecule has 0 unspecified atom stereocenters. The van der Waals surface area contributed by atoms with Gasteiger partial charge in [-0.15, -0.1) is 0 Å². The molecule has 20 heavy (non-hydrogen) atoms. The Morgan fingerprint density at radius 1 is 1.35 bits per heavy atom. The molecule has 2 rings (SSSR count). The van der Waals surface area contributed by atoms with Crippen molar-refractivity contribution < 1.29 is 14.3 Å². The fraction of sp³-hybridized carbons (Fsp3) is 0.333. The van der Waals surface area contributed by atoms with E-state index in [0.29, 0.717) is 16.8 Å². The first-order valence-electron chi connectivity index (χ1n) is 6.65. The van der Waals surface area contributed by atoms with E-state index in [1.165, 1.54) is 12.1 Å². The highest BCUT2D eigenvalue weighted by Crippen LogP contribution is 2.28. The molecule has 1 aromatic heterocycles. The lowest BCUT2D eigenvalue weighted by Crippen LogP contribution is -1.99. The number of rotatable bonds is 5. The molecule has 0 amide bonds. The monoisotopic (exact) mass is 276 g/mol. The van der Waals surface area contributed by atoms with Crippen molar-refractivity contribution in [2.45, 2.75) is 32.6 Å². The van der Waals surface area contributed by atoms with Crippen LogP contribution >= 0.6 is 0 Å². The third-order valence-electron chi connectivity index (χ3n) is 3.53. The van der Waals surface area contributed by atoms with Gasteiger partial charge in [-0.1, -0.05) is 26.0 Å². The Kier molecular flexibility index (Phi) is 4.17. The van der Waals surface area contributed by atoms with Gasteiger partial charge in [0.1, 0.15) is 11.5 Å². The third kappa shape index (κ3) is 2.71. The van der Waals surface area contributed by atoms with Crippen molar-refractivity contribution in [3.8, 4) is 11.3 Å². The quantitative estimate of drug-likeness (QED) is 0.872. The maximum absolute atomic E-state index is 14.2.